The Kier molecular flexibility index (Phi) is 6.89. The topological polar surface area (TPSA) is 48.0 Å². The fourth-order valence-electron chi connectivity index (χ4n) is 2.41. The predicted octanol–water partition coefficient (Wildman–Crippen LogP) is 3.84. The summed E-state index contributed by atoms with van der Waals surface area (Å²) in [6.07, 6.45) is 3.32. The van der Waals surface area contributed by atoms with E-state index in [1.807, 2.05) is 24.4 Å². The fraction of sp³-hybridized carbons (Fsp3) is 0.316. The summed E-state index contributed by atoms with van der Waals surface area (Å²) in [5.74, 6) is 1.60. The van der Waals surface area contributed by atoms with E-state index in [2.05, 4.69) is 0 Å². The van der Waals surface area contributed by atoms with Crippen molar-refractivity contribution in [3.63, 3.8) is 0 Å². The Balaban J connectivity index is 2.18. The van der Waals surface area contributed by atoms with Gasteiger partial charge >= 0.3 is 0 Å². The maximum atomic E-state index is 12.5. The van der Waals surface area contributed by atoms with Crippen molar-refractivity contribution >= 4 is 23.3 Å². The van der Waals surface area contributed by atoms with Gasteiger partial charge in [-0.15, -0.1) is 11.3 Å². The number of amides is 1. The molecule has 1 aromatic carbocycles. The second-order valence-electron chi connectivity index (χ2n) is 5.22. The summed E-state index contributed by atoms with van der Waals surface area (Å²) in [6, 6.07) is 7.63. The Morgan fingerprint density at radius 3 is 2.32 bits per heavy atom. The molecule has 0 radical (unpaired) electrons. The summed E-state index contributed by atoms with van der Waals surface area (Å²) in [7, 11) is 4.69. The lowest BCUT2D eigenvalue weighted by atomic mass is 10.1. The van der Waals surface area contributed by atoms with Gasteiger partial charge < -0.3 is 19.1 Å². The van der Waals surface area contributed by atoms with Crippen molar-refractivity contribution in [1.82, 2.24) is 4.90 Å². The van der Waals surface area contributed by atoms with E-state index >= 15 is 0 Å². The lowest BCUT2D eigenvalue weighted by molar-refractivity contribution is -0.126. The van der Waals surface area contributed by atoms with Gasteiger partial charge in [0, 0.05) is 17.5 Å². The Bertz CT molecular complexity index is 700. The molecule has 0 aliphatic carbocycles. The Labute approximate surface area is 152 Å². The highest BCUT2D eigenvalue weighted by Gasteiger charge is 2.13. The Morgan fingerprint density at radius 2 is 1.84 bits per heavy atom. The summed E-state index contributed by atoms with van der Waals surface area (Å²) in [5, 5.41) is 2.01. The van der Waals surface area contributed by atoms with Gasteiger partial charge in [-0.1, -0.05) is 6.07 Å². The predicted molar refractivity (Wildman–Crippen MR) is 101 cm³/mol. The minimum Gasteiger partial charge on any atom is -0.493 e. The van der Waals surface area contributed by atoms with Crippen LogP contribution in [-0.4, -0.2) is 38.7 Å². The SMILES string of the molecule is CCN(Cc1cccs1)C(=O)/C=C/c1cc(OC)c(OC)c(OC)c1. The number of nitrogens with zero attached hydrogens (tertiary/aromatic N) is 1. The number of carbonyl (C=O) groups is 1. The minimum absolute atomic E-state index is 0.0374. The van der Waals surface area contributed by atoms with Gasteiger partial charge in [0.25, 0.3) is 0 Å². The lowest BCUT2D eigenvalue weighted by Gasteiger charge is -2.18. The van der Waals surface area contributed by atoms with Crippen molar-refractivity contribution in [1.29, 1.82) is 0 Å². The molecule has 0 fully saturated rings. The monoisotopic (exact) mass is 361 g/mol. The zero-order valence-electron chi connectivity index (χ0n) is 14.9. The third-order valence-electron chi connectivity index (χ3n) is 3.73. The van der Waals surface area contributed by atoms with E-state index in [1.165, 1.54) is 0 Å². The molecule has 6 heteroatoms. The third kappa shape index (κ3) is 4.76. The molecule has 0 atom stereocenters. The van der Waals surface area contributed by atoms with Gasteiger partial charge in [-0.25, -0.2) is 0 Å². The lowest BCUT2D eigenvalue weighted by Crippen LogP contribution is -2.28. The van der Waals surface area contributed by atoms with Crippen molar-refractivity contribution in [2.45, 2.75) is 13.5 Å². The molecule has 0 bridgehead atoms. The van der Waals surface area contributed by atoms with Gasteiger partial charge in [-0.2, -0.15) is 0 Å². The number of thiophene rings is 1. The highest BCUT2D eigenvalue weighted by atomic mass is 32.1. The minimum atomic E-state index is -0.0374. The summed E-state index contributed by atoms with van der Waals surface area (Å²) >= 11 is 1.65. The summed E-state index contributed by atoms with van der Waals surface area (Å²) in [4.78, 5) is 15.4. The summed E-state index contributed by atoms with van der Waals surface area (Å²) < 4.78 is 16.0. The van der Waals surface area contributed by atoms with Gasteiger partial charge in [0.1, 0.15) is 0 Å². The molecule has 134 valence electrons. The molecule has 2 rings (SSSR count). The molecule has 0 N–H and O–H groups in total. The fourth-order valence-corrected chi connectivity index (χ4v) is 3.13. The molecule has 0 aliphatic rings. The van der Waals surface area contributed by atoms with Crippen LogP contribution in [0.3, 0.4) is 0 Å². The quantitative estimate of drug-likeness (QED) is 0.671. The van der Waals surface area contributed by atoms with E-state index in [0.29, 0.717) is 30.3 Å². The molecule has 0 saturated carbocycles. The first-order valence-electron chi connectivity index (χ1n) is 7.92. The van der Waals surface area contributed by atoms with Crippen LogP contribution in [0.15, 0.2) is 35.7 Å². The van der Waals surface area contributed by atoms with Crippen LogP contribution in [0.4, 0.5) is 0 Å². The number of likely N-dealkylation sites (N-methyl/N-ethyl adjacent to an activating group) is 1. The summed E-state index contributed by atoms with van der Waals surface area (Å²) in [6.45, 7) is 3.24. The van der Waals surface area contributed by atoms with Gasteiger partial charge in [0.2, 0.25) is 11.7 Å². The first kappa shape index (κ1) is 18.9. The average Bonchev–Trinajstić information content (AvgIpc) is 3.16. The van der Waals surface area contributed by atoms with Crippen molar-refractivity contribution in [3.05, 3.63) is 46.2 Å². The average molecular weight is 361 g/mol. The second-order valence-corrected chi connectivity index (χ2v) is 6.26. The summed E-state index contributed by atoms with van der Waals surface area (Å²) in [5.41, 5.74) is 0.801. The van der Waals surface area contributed by atoms with E-state index in [1.54, 1.807) is 61.9 Å². The molecular weight excluding hydrogens is 338 g/mol. The largest absolute Gasteiger partial charge is 0.493 e. The Morgan fingerprint density at radius 1 is 1.16 bits per heavy atom. The first-order valence-corrected chi connectivity index (χ1v) is 8.80. The zero-order chi connectivity index (χ0) is 18.2. The molecule has 2 aromatic rings. The normalized spacial score (nSPS) is 10.7. The molecule has 0 spiro atoms. The van der Waals surface area contributed by atoms with E-state index < -0.39 is 0 Å². The van der Waals surface area contributed by atoms with Crippen LogP contribution in [0.1, 0.15) is 17.4 Å². The standard InChI is InChI=1S/C19H23NO4S/c1-5-20(13-15-7-6-10-25-15)18(21)9-8-14-11-16(22-2)19(24-4)17(12-14)23-3/h6-12H,5,13H2,1-4H3/b9-8+. The second kappa shape index (κ2) is 9.13. The van der Waals surface area contributed by atoms with Crippen LogP contribution >= 0.6 is 11.3 Å². The van der Waals surface area contributed by atoms with Crippen LogP contribution in [0.2, 0.25) is 0 Å². The van der Waals surface area contributed by atoms with E-state index in [4.69, 9.17) is 14.2 Å². The van der Waals surface area contributed by atoms with E-state index in [0.717, 1.165) is 10.4 Å². The van der Waals surface area contributed by atoms with Gasteiger partial charge in [0.05, 0.1) is 27.9 Å². The van der Waals surface area contributed by atoms with Crippen LogP contribution in [0, 0.1) is 0 Å². The van der Waals surface area contributed by atoms with Gasteiger partial charge in [-0.05, 0) is 42.1 Å². The number of rotatable bonds is 8. The molecular formula is C19H23NO4S. The molecule has 5 nitrogen and oxygen atoms in total. The maximum absolute atomic E-state index is 12.5. The van der Waals surface area contributed by atoms with Crippen molar-refractivity contribution in [2.75, 3.05) is 27.9 Å². The first-order chi connectivity index (χ1) is 12.1. The highest BCUT2D eigenvalue weighted by molar-refractivity contribution is 7.09. The van der Waals surface area contributed by atoms with Crippen LogP contribution in [0.25, 0.3) is 6.08 Å². The molecule has 1 aromatic heterocycles. The molecule has 1 amide bonds. The van der Waals surface area contributed by atoms with Crippen LogP contribution < -0.4 is 14.2 Å². The van der Waals surface area contributed by atoms with Gasteiger partial charge in [0.15, 0.2) is 11.5 Å². The number of hydrogen-bond donors (Lipinski definition) is 0. The smallest absolute Gasteiger partial charge is 0.246 e. The van der Waals surface area contributed by atoms with Crippen molar-refractivity contribution in [2.24, 2.45) is 0 Å². The third-order valence-corrected chi connectivity index (χ3v) is 4.59. The zero-order valence-corrected chi connectivity index (χ0v) is 15.8. The molecule has 0 aliphatic heterocycles. The van der Waals surface area contributed by atoms with Gasteiger partial charge in [-0.3, -0.25) is 4.79 Å². The molecule has 0 unspecified atom stereocenters. The molecule has 0 saturated heterocycles. The number of carbonyl (C=O) groups excluding carboxylic acids is 1. The van der Waals surface area contributed by atoms with Crippen LogP contribution in [0.5, 0.6) is 17.2 Å². The van der Waals surface area contributed by atoms with Crippen molar-refractivity contribution in [3.8, 4) is 17.2 Å². The highest BCUT2D eigenvalue weighted by Crippen LogP contribution is 2.38. The Hall–Kier alpha value is -2.47. The van der Waals surface area contributed by atoms with E-state index in [9.17, 15) is 4.79 Å². The van der Waals surface area contributed by atoms with E-state index in [-0.39, 0.29) is 5.91 Å². The number of hydrogen-bond acceptors (Lipinski definition) is 5. The van der Waals surface area contributed by atoms with Crippen LogP contribution in [-0.2, 0) is 11.3 Å². The number of methoxy groups -OCH3 is 3. The number of benzene rings is 1. The maximum Gasteiger partial charge on any atom is 0.246 e. The number of ether oxygens (including phenoxy) is 3. The molecule has 25 heavy (non-hydrogen) atoms. The van der Waals surface area contributed by atoms with Crippen molar-refractivity contribution < 1.29 is 19.0 Å². The molecule has 1 heterocycles.